The lowest BCUT2D eigenvalue weighted by Crippen LogP contribution is -2.47. The monoisotopic (exact) mass is 459 g/mol. The van der Waals surface area contributed by atoms with Crippen LogP contribution in [-0.2, 0) is 11.2 Å². The molecule has 2 aromatic carbocycles. The van der Waals surface area contributed by atoms with Crippen molar-refractivity contribution < 1.29 is 9.59 Å². The number of aryl methyl sites for hydroxylation is 1. The minimum atomic E-state index is 0.00466. The van der Waals surface area contributed by atoms with Crippen LogP contribution in [0.1, 0.15) is 85.3 Å². The minimum Gasteiger partial charge on any atom is -0.371 e. The summed E-state index contributed by atoms with van der Waals surface area (Å²) in [5.41, 5.74) is 4.36. The molecule has 0 aromatic heterocycles. The van der Waals surface area contributed by atoms with E-state index in [1.807, 2.05) is 18.2 Å². The van der Waals surface area contributed by atoms with Crippen molar-refractivity contribution in [2.24, 2.45) is 5.92 Å². The van der Waals surface area contributed by atoms with Crippen LogP contribution < -0.4 is 15.5 Å². The van der Waals surface area contributed by atoms with Crippen molar-refractivity contribution in [3.05, 3.63) is 65.2 Å². The fraction of sp³-hybridized carbons (Fsp3) is 0.517. The molecule has 0 bridgehead atoms. The summed E-state index contributed by atoms with van der Waals surface area (Å²) in [6.07, 6.45) is 10.7. The number of rotatable bonds is 5. The van der Waals surface area contributed by atoms with Crippen LogP contribution in [0.15, 0.2) is 48.5 Å². The van der Waals surface area contributed by atoms with Crippen LogP contribution in [0.2, 0.25) is 0 Å². The minimum absolute atomic E-state index is 0.00466. The Kier molecular flexibility index (Phi) is 7.17. The number of hydrogen-bond acceptors (Lipinski definition) is 3. The van der Waals surface area contributed by atoms with Gasteiger partial charge in [-0.05, 0) is 68.2 Å². The molecule has 180 valence electrons. The normalized spacial score (nSPS) is 21.5. The Balaban J connectivity index is 1.21. The molecule has 1 heterocycles. The molecule has 2 fully saturated rings. The molecule has 1 aliphatic heterocycles. The lowest BCUT2D eigenvalue weighted by Gasteiger charge is -2.36. The number of benzene rings is 2. The molecule has 2 N–H and O–H groups in total. The molecule has 2 aliphatic carbocycles. The first-order chi connectivity index (χ1) is 16.7. The maximum Gasteiger partial charge on any atom is 0.253 e. The van der Waals surface area contributed by atoms with E-state index in [2.05, 4.69) is 45.9 Å². The van der Waals surface area contributed by atoms with Crippen LogP contribution in [0.5, 0.6) is 0 Å². The van der Waals surface area contributed by atoms with Gasteiger partial charge in [0.2, 0.25) is 5.91 Å². The highest BCUT2D eigenvalue weighted by atomic mass is 16.2. The molecule has 1 saturated carbocycles. The Morgan fingerprint density at radius 2 is 1.50 bits per heavy atom. The topological polar surface area (TPSA) is 61.4 Å². The number of piperidine rings is 1. The van der Waals surface area contributed by atoms with E-state index in [1.165, 1.54) is 30.4 Å². The zero-order chi connectivity index (χ0) is 23.3. The maximum atomic E-state index is 13.4. The molecule has 2 amide bonds. The SMILES string of the molecule is O=C(N[C@H]1CCCc2ccccc21)c1ccccc1N1CCC(NC(=O)C2CCCCC2)CC1. The molecule has 0 unspecified atom stereocenters. The lowest BCUT2D eigenvalue weighted by molar-refractivity contribution is -0.126. The highest BCUT2D eigenvalue weighted by Gasteiger charge is 2.28. The largest absolute Gasteiger partial charge is 0.371 e. The van der Waals surface area contributed by atoms with Gasteiger partial charge >= 0.3 is 0 Å². The molecule has 34 heavy (non-hydrogen) atoms. The Morgan fingerprint density at radius 1 is 0.765 bits per heavy atom. The van der Waals surface area contributed by atoms with Gasteiger partial charge in [-0.25, -0.2) is 0 Å². The molecular weight excluding hydrogens is 422 g/mol. The standard InChI is InChI=1S/C29H37N3O2/c33-28(22-10-2-1-3-11-22)30-23-17-19-32(20-18-23)27-16-7-6-14-25(27)29(34)31-26-15-8-12-21-9-4-5-13-24(21)26/h4-7,9,13-14,16,22-23,26H,1-3,8,10-12,15,17-20H2,(H,30,33)(H,31,34)/t26-/m0/s1. The Bertz CT molecular complexity index is 1010. The lowest BCUT2D eigenvalue weighted by atomic mass is 9.87. The summed E-state index contributed by atoms with van der Waals surface area (Å²) in [7, 11) is 0. The number of para-hydroxylation sites is 1. The van der Waals surface area contributed by atoms with E-state index in [0.29, 0.717) is 0 Å². The molecular formula is C29H37N3O2. The molecule has 5 heteroatoms. The molecule has 1 saturated heterocycles. The molecule has 0 radical (unpaired) electrons. The van der Waals surface area contributed by atoms with E-state index < -0.39 is 0 Å². The van der Waals surface area contributed by atoms with Gasteiger partial charge in [0.05, 0.1) is 11.6 Å². The molecule has 2 aromatic rings. The van der Waals surface area contributed by atoms with Crippen LogP contribution in [0, 0.1) is 5.92 Å². The first-order valence-electron chi connectivity index (χ1n) is 13.2. The summed E-state index contributed by atoms with van der Waals surface area (Å²) < 4.78 is 0. The molecule has 5 nitrogen and oxygen atoms in total. The van der Waals surface area contributed by atoms with Crippen molar-refractivity contribution in [2.75, 3.05) is 18.0 Å². The first-order valence-corrected chi connectivity index (χ1v) is 13.2. The number of hydrogen-bond donors (Lipinski definition) is 2. The number of carbonyl (C=O) groups excluding carboxylic acids is 2. The molecule has 5 rings (SSSR count). The third-order valence-electron chi connectivity index (χ3n) is 7.98. The third kappa shape index (κ3) is 5.13. The number of amides is 2. The van der Waals surface area contributed by atoms with Gasteiger partial charge < -0.3 is 15.5 Å². The smallest absolute Gasteiger partial charge is 0.253 e. The van der Waals surface area contributed by atoms with Crippen LogP contribution >= 0.6 is 0 Å². The molecule has 3 aliphatic rings. The highest BCUT2D eigenvalue weighted by Crippen LogP contribution is 2.31. The second-order valence-corrected chi connectivity index (χ2v) is 10.2. The summed E-state index contributed by atoms with van der Waals surface area (Å²) >= 11 is 0. The quantitative estimate of drug-likeness (QED) is 0.649. The summed E-state index contributed by atoms with van der Waals surface area (Å²) in [5, 5.41) is 6.64. The molecule has 0 spiro atoms. The van der Waals surface area contributed by atoms with E-state index in [0.717, 1.165) is 69.3 Å². The zero-order valence-electron chi connectivity index (χ0n) is 20.1. The van der Waals surface area contributed by atoms with E-state index in [1.54, 1.807) is 0 Å². The maximum absolute atomic E-state index is 13.4. The van der Waals surface area contributed by atoms with Gasteiger partial charge in [0.15, 0.2) is 0 Å². The van der Waals surface area contributed by atoms with Gasteiger partial charge in [-0.3, -0.25) is 9.59 Å². The average Bonchev–Trinajstić information content (AvgIpc) is 2.90. The fourth-order valence-corrected chi connectivity index (χ4v) is 6.03. The Morgan fingerprint density at radius 3 is 2.32 bits per heavy atom. The van der Waals surface area contributed by atoms with Crippen LogP contribution in [0.4, 0.5) is 5.69 Å². The van der Waals surface area contributed by atoms with Crippen molar-refractivity contribution in [1.29, 1.82) is 0 Å². The Hall–Kier alpha value is -2.82. The van der Waals surface area contributed by atoms with Crippen molar-refractivity contribution in [3.63, 3.8) is 0 Å². The predicted octanol–water partition coefficient (Wildman–Crippen LogP) is 5.16. The van der Waals surface area contributed by atoms with E-state index >= 15 is 0 Å². The molecule has 1 atom stereocenters. The summed E-state index contributed by atoms with van der Waals surface area (Å²) in [5.74, 6) is 0.469. The number of anilines is 1. The van der Waals surface area contributed by atoms with Crippen molar-refractivity contribution in [1.82, 2.24) is 10.6 Å². The predicted molar refractivity (Wildman–Crippen MR) is 136 cm³/mol. The van der Waals surface area contributed by atoms with Gasteiger partial charge in [0.1, 0.15) is 0 Å². The second kappa shape index (κ2) is 10.6. The number of nitrogens with zero attached hydrogens (tertiary/aromatic N) is 1. The van der Waals surface area contributed by atoms with Gasteiger partial charge in [0, 0.05) is 30.7 Å². The summed E-state index contributed by atoms with van der Waals surface area (Å²) in [6.45, 7) is 1.71. The number of nitrogens with one attached hydrogen (secondary N) is 2. The number of fused-ring (bicyclic) bond motifs is 1. The van der Waals surface area contributed by atoms with Crippen molar-refractivity contribution in [2.45, 2.75) is 76.3 Å². The van der Waals surface area contributed by atoms with Crippen LogP contribution in [0.3, 0.4) is 0 Å². The number of carbonyl (C=O) groups is 2. The van der Waals surface area contributed by atoms with Crippen molar-refractivity contribution >= 4 is 17.5 Å². The summed E-state index contributed by atoms with van der Waals surface area (Å²) in [6, 6.07) is 16.8. The van der Waals surface area contributed by atoms with E-state index in [4.69, 9.17) is 0 Å². The van der Waals surface area contributed by atoms with E-state index in [-0.39, 0.29) is 29.8 Å². The van der Waals surface area contributed by atoms with Gasteiger partial charge in [0.25, 0.3) is 5.91 Å². The van der Waals surface area contributed by atoms with Crippen molar-refractivity contribution in [3.8, 4) is 0 Å². The average molecular weight is 460 g/mol. The fourth-order valence-electron chi connectivity index (χ4n) is 6.03. The van der Waals surface area contributed by atoms with Gasteiger partial charge in [-0.1, -0.05) is 55.7 Å². The van der Waals surface area contributed by atoms with Crippen LogP contribution in [0.25, 0.3) is 0 Å². The Labute approximate surface area is 203 Å². The van der Waals surface area contributed by atoms with Gasteiger partial charge in [-0.15, -0.1) is 0 Å². The second-order valence-electron chi connectivity index (χ2n) is 10.2. The zero-order valence-corrected chi connectivity index (χ0v) is 20.1. The van der Waals surface area contributed by atoms with Crippen LogP contribution in [-0.4, -0.2) is 30.9 Å². The third-order valence-corrected chi connectivity index (χ3v) is 7.98. The first kappa shape index (κ1) is 22.9. The summed E-state index contributed by atoms with van der Waals surface area (Å²) in [4.78, 5) is 28.3. The van der Waals surface area contributed by atoms with Gasteiger partial charge in [-0.2, -0.15) is 0 Å². The van der Waals surface area contributed by atoms with E-state index in [9.17, 15) is 9.59 Å². The highest BCUT2D eigenvalue weighted by molar-refractivity contribution is 6.00.